The van der Waals surface area contributed by atoms with Gasteiger partial charge in [-0.3, -0.25) is 4.79 Å². The minimum absolute atomic E-state index is 0.215. The van der Waals surface area contributed by atoms with Crippen molar-refractivity contribution in [1.29, 1.82) is 0 Å². The summed E-state index contributed by atoms with van der Waals surface area (Å²) in [5, 5.41) is 0.941. The Bertz CT molecular complexity index is 1400. The summed E-state index contributed by atoms with van der Waals surface area (Å²) in [4.78, 5) is 12.0. The molecule has 3 aromatic rings. The largest absolute Gasteiger partial charge is 0.455 e. The quantitative estimate of drug-likeness (QED) is 0.293. The predicted molar refractivity (Wildman–Crippen MR) is 140 cm³/mol. The molecule has 0 radical (unpaired) electrons. The van der Waals surface area contributed by atoms with Crippen molar-refractivity contribution < 1.29 is 17.9 Å². The Hall–Kier alpha value is -2.86. The standard InChI is InChI=1S/C29H35NO4S/c1-20-11-15-25(16-12-20)35(32,33)30-19-23(26-9-7-8-10-27(26)30)17-29(6)18-24(14-13-21(29)2)28(4,5)34-22(3)31/h7-12,15-16,18-19,21H,13-14,17H2,1-6H3/t21-,29+/m1/s1. The van der Waals surface area contributed by atoms with Crippen molar-refractivity contribution in [3.8, 4) is 0 Å². The van der Waals surface area contributed by atoms with Crippen LogP contribution in [0.15, 0.2) is 71.3 Å². The minimum atomic E-state index is -3.74. The van der Waals surface area contributed by atoms with Crippen molar-refractivity contribution in [3.05, 3.63) is 77.5 Å². The third kappa shape index (κ3) is 4.81. The van der Waals surface area contributed by atoms with Crippen LogP contribution in [0.3, 0.4) is 0 Å². The van der Waals surface area contributed by atoms with Gasteiger partial charge in [-0.25, -0.2) is 12.4 Å². The Kier molecular flexibility index (Phi) is 6.47. The Morgan fingerprint density at radius 1 is 1.14 bits per heavy atom. The maximum absolute atomic E-state index is 13.6. The lowest BCUT2D eigenvalue weighted by Gasteiger charge is -2.41. The highest BCUT2D eigenvalue weighted by atomic mass is 32.2. The minimum Gasteiger partial charge on any atom is -0.455 e. The average Bonchev–Trinajstić information content (AvgIpc) is 3.14. The van der Waals surface area contributed by atoms with E-state index >= 15 is 0 Å². The summed E-state index contributed by atoms with van der Waals surface area (Å²) in [6, 6.07) is 14.6. The first kappa shape index (κ1) is 25.2. The highest BCUT2D eigenvalue weighted by Crippen LogP contribution is 2.45. The number of allylic oxidation sites excluding steroid dienone is 1. The zero-order chi connectivity index (χ0) is 25.6. The summed E-state index contributed by atoms with van der Waals surface area (Å²) in [6.45, 7) is 11.7. The van der Waals surface area contributed by atoms with Crippen molar-refractivity contribution in [2.45, 2.75) is 71.3 Å². The molecule has 4 rings (SSSR count). The molecule has 0 unspecified atom stereocenters. The first-order valence-corrected chi connectivity index (χ1v) is 13.6. The zero-order valence-corrected chi connectivity index (χ0v) is 22.3. The molecule has 0 N–H and O–H groups in total. The summed E-state index contributed by atoms with van der Waals surface area (Å²) in [7, 11) is -3.74. The second kappa shape index (κ2) is 8.98. The van der Waals surface area contributed by atoms with E-state index in [1.165, 1.54) is 10.9 Å². The molecule has 2 aromatic carbocycles. The van der Waals surface area contributed by atoms with Gasteiger partial charge in [0.25, 0.3) is 10.0 Å². The number of carbonyl (C=O) groups is 1. The van der Waals surface area contributed by atoms with Crippen LogP contribution in [0.5, 0.6) is 0 Å². The lowest BCUT2D eigenvalue weighted by Crippen LogP contribution is -2.36. The molecule has 0 saturated heterocycles. The molecule has 1 aliphatic carbocycles. The number of fused-ring (bicyclic) bond motifs is 1. The summed E-state index contributed by atoms with van der Waals surface area (Å²) >= 11 is 0. The number of aromatic nitrogens is 1. The molecule has 35 heavy (non-hydrogen) atoms. The van der Waals surface area contributed by atoms with Crippen LogP contribution in [0.1, 0.15) is 58.6 Å². The number of carbonyl (C=O) groups excluding carboxylic acids is 1. The van der Waals surface area contributed by atoms with E-state index < -0.39 is 15.6 Å². The number of nitrogens with zero attached hydrogens (tertiary/aromatic N) is 1. The molecule has 186 valence electrons. The SMILES string of the molecule is CC(=O)OC(C)(C)C1=C[C@](C)(Cc2cn(S(=O)(=O)c3ccc(C)cc3)c3ccccc23)[C@H](C)CC1. The average molecular weight is 494 g/mol. The number of hydrogen-bond acceptors (Lipinski definition) is 4. The number of ether oxygens (including phenoxy) is 1. The molecule has 0 aliphatic heterocycles. The Morgan fingerprint density at radius 3 is 2.46 bits per heavy atom. The van der Waals surface area contributed by atoms with E-state index in [2.05, 4.69) is 19.9 Å². The summed E-state index contributed by atoms with van der Waals surface area (Å²) in [5.41, 5.74) is 2.92. The molecule has 2 atom stereocenters. The van der Waals surface area contributed by atoms with Crippen LogP contribution in [0.4, 0.5) is 0 Å². The highest BCUT2D eigenvalue weighted by Gasteiger charge is 2.39. The Balaban J connectivity index is 1.79. The zero-order valence-electron chi connectivity index (χ0n) is 21.5. The van der Waals surface area contributed by atoms with E-state index in [4.69, 9.17) is 4.74 Å². The van der Waals surface area contributed by atoms with E-state index in [1.807, 2.05) is 57.2 Å². The van der Waals surface area contributed by atoms with E-state index in [1.54, 1.807) is 18.3 Å². The number of esters is 1. The van der Waals surface area contributed by atoms with E-state index in [0.29, 0.717) is 17.9 Å². The topological polar surface area (TPSA) is 65.4 Å². The van der Waals surface area contributed by atoms with Crippen LogP contribution >= 0.6 is 0 Å². The molecular weight excluding hydrogens is 458 g/mol. The second-order valence-corrected chi connectivity index (χ2v) is 12.5. The Morgan fingerprint density at radius 2 is 1.80 bits per heavy atom. The summed E-state index contributed by atoms with van der Waals surface area (Å²) in [5.74, 6) is 0.0933. The van der Waals surface area contributed by atoms with Gasteiger partial charge in [0.2, 0.25) is 0 Å². The molecule has 6 heteroatoms. The van der Waals surface area contributed by atoms with Gasteiger partial charge in [0.15, 0.2) is 0 Å². The summed E-state index contributed by atoms with van der Waals surface area (Å²) < 4.78 is 34.3. The Labute approximate surface area is 208 Å². The number of rotatable bonds is 6. The molecule has 1 aromatic heterocycles. The van der Waals surface area contributed by atoms with Crippen LogP contribution in [0.25, 0.3) is 10.9 Å². The van der Waals surface area contributed by atoms with Crippen LogP contribution < -0.4 is 0 Å². The van der Waals surface area contributed by atoms with E-state index in [9.17, 15) is 13.2 Å². The van der Waals surface area contributed by atoms with Crippen LogP contribution in [0, 0.1) is 18.3 Å². The van der Waals surface area contributed by atoms with Crippen LogP contribution in [-0.4, -0.2) is 24.0 Å². The number of benzene rings is 2. The van der Waals surface area contributed by atoms with Crippen molar-refractivity contribution in [2.24, 2.45) is 11.3 Å². The van der Waals surface area contributed by atoms with Crippen molar-refractivity contribution in [3.63, 3.8) is 0 Å². The van der Waals surface area contributed by atoms with Crippen LogP contribution in [-0.2, 0) is 26.0 Å². The van der Waals surface area contributed by atoms with Gasteiger partial charge in [-0.2, -0.15) is 0 Å². The fraction of sp³-hybridized carbons (Fsp3) is 0.414. The fourth-order valence-electron chi connectivity index (χ4n) is 5.23. The lowest BCUT2D eigenvalue weighted by molar-refractivity contribution is -0.150. The third-order valence-electron chi connectivity index (χ3n) is 7.56. The second-order valence-electron chi connectivity index (χ2n) is 10.7. The maximum atomic E-state index is 13.6. The normalized spacial score (nSPS) is 21.1. The molecule has 0 fully saturated rings. The maximum Gasteiger partial charge on any atom is 0.303 e. The van der Waals surface area contributed by atoms with Gasteiger partial charge in [0.05, 0.1) is 10.4 Å². The van der Waals surface area contributed by atoms with Crippen molar-refractivity contribution in [1.82, 2.24) is 3.97 Å². The molecule has 1 heterocycles. The van der Waals surface area contributed by atoms with Gasteiger partial charge in [-0.15, -0.1) is 0 Å². The van der Waals surface area contributed by atoms with Crippen molar-refractivity contribution >= 4 is 26.9 Å². The van der Waals surface area contributed by atoms with E-state index in [0.717, 1.165) is 34.9 Å². The smallest absolute Gasteiger partial charge is 0.303 e. The summed E-state index contributed by atoms with van der Waals surface area (Å²) in [6.07, 6.45) is 6.60. The lowest BCUT2D eigenvalue weighted by atomic mass is 9.65. The molecule has 0 spiro atoms. The van der Waals surface area contributed by atoms with Gasteiger partial charge >= 0.3 is 5.97 Å². The molecule has 5 nitrogen and oxygen atoms in total. The third-order valence-corrected chi connectivity index (χ3v) is 9.25. The van der Waals surface area contributed by atoms with Gasteiger partial charge in [-0.05, 0) is 80.7 Å². The predicted octanol–water partition coefficient (Wildman–Crippen LogP) is 6.43. The van der Waals surface area contributed by atoms with Crippen LogP contribution in [0.2, 0.25) is 0 Å². The molecule has 0 amide bonds. The first-order chi connectivity index (χ1) is 16.3. The number of para-hydroxylation sites is 1. The monoisotopic (exact) mass is 493 g/mol. The van der Waals surface area contributed by atoms with Gasteiger partial charge < -0.3 is 4.74 Å². The first-order valence-electron chi connectivity index (χ1n) is 12.2. The number of hydrogen-bond donors (Lipinski definition) is 0. The molecular formula is C29H35NO4S. The van der Waals surface area contributed by atoms with Gasteiger partial charge in [0, 0.05) is 18.5 Å². The highest BCUT2D eigenvalue weighted by molar-refractivity contribution is 7.90. The molecule has 0 bridgehead atoms. The van der Waals surface area contributed by atoms with Gasteiger partial charge in [0.1, 0.15) is 5.60 Å². The fourth-order valence-corrected chi connectivity index (χ4v) is 6.62. The molecule has 0 saturated carbocycles. The number of aryl methyl sites for hydroxylation is 1. The van der Waals surface area contributed by atoms with Gasteiger partial charge in [-0.1, -0.05) is 55.8 Å². The van der Waals surface area contributed by atoms with E-state index in [-0.39, 0.29) is 16.3 Å². The molecule has 1 aliphatic rings. The van der Waals surface area contributed by atoms with Crippen molar-refractivity contribution in [2.75, 3.05) is 0 Å².